The topological polar surface area (TPSA) is 116 Å². The average molecular weight is 500 g/mol. The SMILES string of the molecule is CC[C@H](C)[C@H](N)C(=O)N1CC(=O)[C@@H]2[C@H]1CCN2C(=O)[C@H](CC(C)C)NC(=O)c1ccc(N(C)C)cc1. The van der Waals surface area contributed by atoms with Gasteiger partial charge in [-0.2, -0.15) is 0 Å². The van der Waals surface area contributed by atoms with Crippen LogP contribution >= 0.6 is 0 Å². The summed E-state index contributed by atoms with van der Waals surface area (Å²) in [5.74, 6) is -0.826. The standard InChI is InChI=1S/C27H41N5O4/c1-7-17(4)23(28)27(36)32-15-22(33)24-21(32)12-13-31(24)26(35)20(14-16(2)3)29-25(34)18-8-10-19(11-9-18)30(5)6/h8-11,16-17,20-21,23-24H,7,12-15,28H2,1-6H3,(H,29,34)/t17-,20-,21+,23-,24-/m0/s1. The van der Waals surface area contributed by atoms with Crippen molar-refractivity contribution in [3.63, 3.8) is 0 Å². The first-order valence-corrected chi connectivity index (χ1v) is 12.9. The zero-order valence-electron chi connectivity index (χ0n) is 22.4. The first-order valence-electron chi connectivity index (χ1n) is 12.9. The highest BCUT2D eigenvalue weighted by Crippen LogP contribution is 2.31. The van der Waals surface area contributed by atoms with E-state index in [1.807, 2.05) is 58.8 Å². The van der Waals surface area contributed by atoms with E-state index in [4.69, 9.17) is 5.73 Å². The van der Waals surface area contributed by atoms with Gasteiger partial charge in [0.25, 0.3) is 5.91 Å². The number of amides is 3. The fourth-order valence-electron chi connectivity index (χ4n) is 5.09. The van der Waals surface area contributed by atoms with Crippen LogP contribution in [0.3, 0.4) is 0 Å². The van der Waals surface area contributed by atoms with Crippen molar-refractivity contribution < 1.29 is 19.2 Å². The van der Waals surface area contributed by atoms with Crippen LogP contribution in [-0.4, -0.2) is 84.7 Å². The van der Waals surface area contributed by atoms with E-state index in [0.717, 1.165) is 12.1 Å². The maximum absolute atomic E-state index is 13.7. The zero-order chi connectivity index (χ0) is 26.7. The molecule has 0 radical (unpaired) electrons. The van der Waals surface area contributed by atoms with Crippen LogP contribution < -0.4 is 16.0 Å². The van der Waals surface area contributed by atoms with Gasteiger partial charge in [-0.15, -0.1) is 0 Å². The third-order valence-electron chi connectivity index (χ3n) is 7.49. The molecule has 3 amide bonds. The van der Waals surface area contributed by atoms with Crippen molar-refractivity contribution in [1.82, 2.24) is 15.1 Å². The molecule has 2 saturated heterocycles. The van der Waals surface area contributed by atoms with E-state index in [-0.39, 0.29) is 47.9 Å². The molecule has 2 fully saturated rings. The first-order chi connectivity index (χ1) is 17.0. The number of benzene rings is 1. The lowest BCUT2D eigenvalue weighted by molar-refractivity contribution is -0.138. The van der Waals surface area contributed by atoms with Crippen molar-refractivity contribution in [1.29, 1.82) is 0 Å². The van der Waals surface area contributed by atoms with Crippen molar-refractivity contribution in [2.75, 3.05) is 32.1 Å². The minimum Gasteiger partial charge on any atom is -0.378 e. The molecule has 0 unspecified atom stereocenters. The molecule has 9 nitrogen and oxygen atoms in total. The second-order valence-electron chi connectivity index (χ2n) is 10.8. The van der Waals surface area contributed by atoms with E-state index in [1.165, 1.54) is 0 Å². The molecule has 1 aromatic carbocycles. The van der Waals surface area contributed by atoms with Gasteiger partial charge >= 0.3 is 0 Å². The Bertz CT molecular complexity index is 977. The summed E-state index contributed by atoms with van der Waals surface area (Å²) in [7, 11) is 3.85. The Morgan fingerprint density at radius 2 is 1.72 bits per heavy atom. The fraction of sp³-hybridized carbons (Fsp3) is 0.630. The molecule has 3 N–H and O–H groups in total. The summed E-state index contributed by atoms with van der Waals surface area (Å²) in [5.41, 5.74) is 7.62. The van der Waals surface area contributed by atoms with Gasteiger partial charge in [0.2, 0.25) is 11.8 Å². The number of nitrogens with zero attached hydrogens (tertiary/aromatic N) is 3. The number of nitrogens with two attached hydrogens (primary N) is 1. The molecule has 9 heteroatoms. The van der Waals surface area contributed by atoms with Crippen LogP contribution in [0.4, 0.5) is 5.69 Å². The third-order valence-corrected chi connectivity index (χ3v) is 7.49. The molecule has 0 aliphatic carbocycles. The highest BCUT2D eigenvalue weighted by atomic mass is 16.2. The lowest BCUT2D eigenvalue weighted by Gasteiger charge is -2.30. The second kappa shape index (κ2) is 11.4. The van der Waals surface area contributed by atoms with Crippen molar-refractivity contribution in [3.8, 4) is 0 Å². The lowest BCUT2D eigenvalue weighted by Crippen LogP contribution is -2.53. The van der Waals surface area contributed by atoms with Gasteiger partial charge in [-0.05, 0) is 48.9 Å². The number of fused-ring (bicyclic) bond motifs is 1. The normalized spacial score (nSPS) is 21.8. The minimum atomic E-state index is -0.760. The Morgan fingerprint density at radius 1 is 1.08 bits per heavy atom. The lowest BCUT2D eigenvalue weighted by atomic mass is 9.98. The number of hydrogen-bond donors (Lipinski definition) is 2. The number of carbonyl (C=O) groups excluding carboxylic acids is 4. The van der Waals surface area contributed by atoms with E-state index in [9.17, 15) is 19.2 Å². The van der Waals surface area contributed by atoms with Crippen LogP contribution in [-0.2, 0) is 14.4 Å². The van der Waals surface area contributed by atoms with Gasteiger partial charge in [0, 0.05) is 31.9 Å². The van der Waals surface area contributed by atoms with E-state index in [1.54, 1.807) is 21.9 Å². The maximum atomic E-state index is 13.7. The van der Waals surface area contributed by atoms with Crippen molar-refractivity contribution in [3.05, 3.63) is 29.8 Å². The summed E-state index contributed by atoms with van der Waals surface area (Å²) in [4.78, 5) is 57.8. The summed E-state index contributed by atoms with van der Waals surface area (Å²) in [6.45, 7) is 8.22. The molecule has 36 heavy (non-hydrogen) atoms. The molecule has 198 valence electrons. The van der Waals surface area contributed by atoms with Gasteiger partial charge < -0.3 is 25.8 Å². The molecule has 0 bridgehead atoms. The van der Waals surface area contributed by atoms with Crippen molar-refractivity contribution >= 4 is 29.2 Å². The monoisotopic (exact) mass is 499 g/mol. The number of anilines is 1. The van der Waals surface area contributed by atoms with Gasteiger partial charge in [-0.3, -0.25) is 19.2 Å². The van der Waals surface area contributed by atoms with Gasteiger partial charge in [0.05, 0.1) is 18.6 Å². The van der Waals surface area contributed by atoms with Crippen LogP contribution in [0, 0.1) is 11.8 Å². The van der Waals surface area contributed by atoms with Crippen molar-refractivity contribution in [2.24, 2.45) is 17.6 Å². The smallest absolute Gasteiger partial charge is 0.251 e. The van der Waals surface area contributed by atoms with E-state index < -0.39 is 18.1 Å². The first kappa shape index (κ1) is 27.6. The Labute approximate surface area is 214 Å². The molecule has 1 aromatic rings. The molecule has 0 spiro atoms. The van der Waals surface area contributed by atoms with Gasteiger partial charge in [0.1, 0.15) is 12.1 Å². The summed E-state index contributed by atoms with van der Waals surface area (Å²) < 4.78 is 0. The molecule has 3 rings (SSSR count). The maximum Gasteiger partial charge on any atom is 0.251 e. The molecule has 2 aliphatic rings. The Hall–Kier alpha value is -2.94. The summed E-state index contributed by atoms with van der Waals surface area (Å²) >= 11 is 0. The molecule has 0 aromatic heterocycles. The van der Waals surface area contributed by atoms with Crippen LogP contribution in [0.1, 0.15) is 57.3 Å². The van der Waals surface area contributed by atoms with E-state index in [0.29, 0.717) is 24.9 Å². The van der Waals surface area contributed by atoms with Crippen LogP contribution in [0.25, 0.3) is 0 Å². The molecular formula is C27H41N5O4. The average Bonchev–Trinajstić information content (AvgIpc) is 3.42. The minimum absolute atomic E-state index is 0.00298. The van der Waals surface area contributed by atoms with Crippen molar-refractivity contribution in [2.45, 2.75) is 71.1 Å². The van der Waals surface area contributed by atoms with Crippen LogP contribution in [0.2, 0.25) is 0 Å². The Balaban J connectivity index is 1.75. The highest BCUT2D eigenvalue weighted by molar-refractivity contribution is 6.01. The fourth-order valence-corrected chi connectivity index (χ4v) is 5.09. The summed E-state index contributed by atoms with van der Waals surface area (Å²) in [6, 6.07) is 4.70. The molecular weight excluding hydrogens is 458 g/mol. The second-order valence-corrected chi connectivity index (χ2v) is 10.8. The summed E-state index contributed by atoms with van der Waals surface area (Å²) in [6.07, 6.45) is 1.74. The Kier molecular flexibility index (Phi) is 8.76. The highest BCUT2D eigenvalue weighted by Gasteiger charge is 2.52. The largest absolute Gasteiger partial charge is 0.378 e. The van der Waals surface area contributed by atoms with Crippen LogP contribution in [0.15, 0.2) is 24.3 Å². The van der Waals surface area contributed by atoms with E-state index in [2.05, 4.69) is 5.32 Å². The third kappa shape index (κ3) is 5.72. The number of ketones is 1. The van der Waals surface area contributed by atoms with Gasteiger partial charge in [-0.1, -0.05) is 34.1 Å². The van der Waals surface area contributed by atoms with Gasteiger partial charge in [-0.25, -0.2) is 0 Å². The number of Topliss-reactive ketones (excluding diaryl/α,β-unsaturated/α-hetero) is 1. The Morgan fingerprint density at radius 3 is 2.28 bits per heavy atom. The molecule has 5 atom stereocenters. The quantitative estimate of drug-likeness (QED) is 0.534. The predicted molar refractivity (Wildman–Crippen MR) is 140 cm³/mol. The number of rotatable bonds is 9. The predicted octanol–water partition coefficient (Wildman–Crippen LogP) is 1.65. The molecule has 2 heterocycles. The number of hydrogen-bond acceptors (Lipinski definition) is 6. The molecule has 2 aliphatic heterocycles. The van der Waals surface area contributed by atoms with E-state index >= 15 is 0 Å². The number of carbonyl (C=O) groups is 4. The number of nitrogens with one attached hydrogen (secondary N) is 1. The molecule has 0 saturated carbocycles. The van der Waals surface area contributed by atoms with Gasteiger partial charge in [0.15, 0.2) is 5.78 Å². The summed E-state index contributed by atoms with van der Waals surface area (Å²) in [5, 5.41) is 2.90. The van der Waals surface area contributed by atoms with Crippen LogP contribution in [0.5, 0.6) is 0 Å². The zero-order valence-corrected chi connectivity index (χ0v) is 22.4. The number of likely N-dealkylation sites (tertiary alicyclic amines) is 2.